The van der Waals surface area contributed by atoms with Gasteiger partial charge in [0, 0.05) is 5.25 Å². The van der Waals surface area contributed by atoms with Gasteiger partial charge in [-0.3, -0.25) is 0 Å². The average Bonchev–Trinajstić information content (AvgIpc) is 1.93. The molecule has 0 aliphatic carbocycles. The predicted octanol–water partition coefficient (Wildman–Crippen LogP) is 2.69. The molecule has 0 heterocycles. The smallest absolute Gasteiger partial charge is 0.126 e. The molecule has 60 valence electrons. The molecule has 0 spiro atoms. The number of halogens is 1. The molecule has 1 unspecified atom stereocenters. The minimum atomic E-state index is -0.131. The van der Waals surface area contributed by atoms with E-state index in [4.69, 9.17) is 0 Å². The molecule has 0 aliphatic heterocycles. The Kier molecular flexibility index (Phi) is 2.94. The second-order valence-corrected chi connectivity index (χ2v) is 3.53. The van der Waals surface area contributed by atoms with Crippen LogP contribution in [0.25, 0.3) is 0 Å². The lowest BCUT2D eigenvalue weighted by molar-refractivity contribution is 0.608. The number of hydrogen-bond acceptors (Lipinski definition) is 1. The molecule has 1 aromatic rings. The molecule has 1 atom stereocenters. The molecule has 0 N–H and O–H groups in total. The first-order valence-electron chi connectivity index (χ1n) is 3.61. The highest BCUT2D eigenvalue weighted by Crippen LogP contribution is 2.10. The van der Waals surface area contributed by atoms with Gasteiger partial charge in [-0.1, -0.05) is 25.1 Å². The lowest BCUT2D eigenvalue weighted by atomic mass is 10.1. The Hall–Kier alpha value is -0.500. The van der Waals surface area contributed by atoms with E-state index >= 15 is 0 Å². The van der Waals surface area contributed by atoms with Crippen molar-refractivity contribution in [2.75, 3.05) is 0 Å². The molecule has 0 amide bonds. The van der Waals surface area contributed by atoms with Gasteiger partial charge in [-0.05, 0) is 18.1 Å². The van der Waals surface area contributed by atoms with Crippen LogP contribution in [0.3, 0.4) is 0 Å². The van der Waals surface area contributed by atoms with Crippen molar-refractivity contribution < 1.29 is 4.39 Å². The van der Waals surface area contributed by atoms with Crippen LogP contribution in [0.2, 0.25) is 0 Å². The summed E-state index contributed by atoms with van der Waals surface area (Å²) < 4.78 is 12.9. The fraction of sp³-hybridized carbons (Fsp3) is 0.333. The number of hydrogen-bond donors (Lipinski definition) is 1. The van der Waals surface area contributed by atoms with E-state index in [1.807, 2.05) is 13.0 Å². The van der Waals surface area contributed by atoms with Crippen LogP contribution < -0.4 is 0 Å². The Bertz CT molecular complexity index is 233. The molecule has 0 saturated carbocycles. The zero-order valence-corrected chi connectivity index (χ0v) is 7.31. The van der Waals surface area contributed by atoms with Crippen molar-refractivity contribution in [1.29, 1.82) is 0 Å². The fourth-order valence-corrected chi connectivity index (χ4v) is 1.18. The molecule has 0 aromatic heterocycles. The Balaban J connectivity index is 2.78. The standard InChI is InChI=1S/C9H11FS/c1-7(11)6-8-4-2-3-5-9(8)10/h2-5,7,11H,6H2,1H3. The fourth-order valence-electron chi connectivity index (χ4n) is 0.982. The lowest BCUT2D eigenvalue weighted by Gasteiger charge is -2.04. The topological polar surface area (TPSA) is 0 Å². The number of benzene rings is 1. The van der Waals surface area contributed by atoms with Gasteiger partial charge in [0.05, 0.1) is 0 Å². The monoisotopic (exact) mass is 170 g/mol. The molecule has 2 heteroatoms. The van der Waals surface area contributed by atoms with Gasteiger partial charge < -0.3 is 0 Å². The van der Waals surface area contributed by atoms with Crippen molar-refractivity contribution in [2.45, 2.75) is 18.6 Å². The summed E-state index contributed by atoms with van der Waals surface area (Å²) in [5.74, 6) is -0.131. The van der Waals surface area contributed by atoms with Crippen molar-refractivity contribution in [1.82, 2.24) is 0 Å². The van der Waals surface area contributed by atoms with Crippen molar-refractivity contribution in [3.8, 4) is 0 Å². The van der Waals surface area contributed by atoms with E-state index in [9.17, 15) is 4.39 Å². The van der Waals surface area contributed by atoms with Crippen LogP contribution in [0, 0.1) is 5.82 Å². The quantitative estimate of drug-likeness (QED) is 0.648. The first-order chi connectivity index (χ1) is 5.20. The molecule has 0 bridgehead atoms. The van der Waals surface area contributed by atoms with E-state index in [1.54, 1.807) is 12.1 Å². The maximum atomic E-state index is 12.9. The molecule has 0 fully saturated rings. The summed E-state index contributed by atoms with van der Waals surface area (Å²) in [6, 6.07) is 6.81. The minimum Gasteiger partial charge on any atom is -0.207 e. The van der Waals surface area contributed by atoms with Crippen LogP contribution in [-0.4, -0.2) is 5.25 Å². The van der Waals surface area contributed by atoms with Crippen LogP contribution in [0.1, 0.15) is 12.5 Å². The summed E-state index contributed by atoms with van der Waals surface area (Å²) in [6.07, 6.45) is 0.690. The van der Waals surface area contributed by atoms with E-state index in [2.05, 4.69) is 12.6 Å². The van der Waals surface area contributed by atoms with Gasteiger partial charge in [0.2, 0.25) is 0 Å². The third-order valence-corrected chi connectivity index (χ3v) is 1.66. The van der Waals surface area contributed by atoms with E-state index < -0.39 is 0 Å². The average molecular weight is 170 g/mol. The van der Waals surface area contributed by atoms with Gasteiger partial charge in [-0.25, -0.2) is 4.39 Å². The van der Waals surface area contributed by atoms with E-state index in [1.165, 1.54) is 6.07 Å². The summed E-state index contributed by atoms with van der Waals surface area (Å²) in [7, 11) is 0. The lowest BCUT2D eigenvalue weighted by Crippen LogP contribution is -1.99. The molecule has 1 aromatic carbocycles. The van der Waals surface area contributed by atoms with Gasteiger partial charge in [0.15, 0.2) is 0 Å². The largest absolute Gasteiger partial charge is 0.207 e. The molecule has 0 aliphatic rings. The summed E-state index contributed by atoms with van der Waals surface area (Å²) >= 11 is 4.19. The van der Waals surface area contributed by atoms with Crippen LogP contribution >= 0.6 is 12.6 Å². The molecular weight excluding hydrogens is 159 g/mol. The molecule has 0 nitrogen and oxygen atoms in total. The van der Waals surface area contributed by atoms with Crippen LogP contribution in [-0.2, 0) is 6.42 Å². The summed E-state index contributed by atoms with van der Waals surface area (Å²) in [5.41, 5.74) is 0.745. The first kappa shape index (κ1) is 8.60. The van der Waals surface area contributed by atoms with Crippen molar-refractivity contribution >= 4 is 12.6 Å². The molecule has 1 rings (SSSR count). The number of rotatable bonds is 2. The third-order valence-electron chi connectivity index (χ3n) is 1.47. The van der Waals surface area contributed by atoms with E-state index in [0.717, 1.165) is 5.56 Å². The van der Waals surface area contributed by atoms with Crippen LogP contribution in [0.5, 0.6) is 0 Å². The van der Waals surface area contributed by atoms with Gasteiger partial charge >= 0.3 is 0 Å². The molecule has 0 saturated heterocycles. The highest BCUT2D eigenvalue weighted by molar-refractivity contribution is 7.80. The Morgan fingerprint density at radius 2 is 2.09 bits per heavy atom. The second-order valence-electron chi connectivity index (χ2n) is 2.64. The van der Waals surface area contributed by atoms with Crippen LogP contribution in [0.4, 0.5) is 4.39 Å². The Morgan fingerprint density at radius 1 is 1.45 bits per heavy atom. The van der Waals surface area contributed by atoms with E-state index in [0.29, 0.717) is 6.42 Å². The molecule has 11 heavy (non-hydrogen) atoms. The second kappa shape index (κ2) is 3.77. The van der Waals surface area contributed by atoms with Gasteiger partial charge in [0.1, 0.15) is 5.82 Å². The minimum absolute atomic E-state index is 0.131. The summed E-state index contributed by atoms with van der Waals surface area (Å²) in [6.45, 7) is 1.95. The third kappa shape index (κ3) is 2.54. The van der Waals surface area contributed by atoms with Crippen molar-refractivity contribution in [2.24, 2.45) is 0 Å². The molecular formula is C9H11FS. The van der Waals surface area contributed by atoms with Crippen LogP contribution in [0.15, 0.2) is 24.3 Å². The molecule has 0 radical (unpaired) electrons. The predicted molar refractivity (Wildman–Crippen MR) is 48.6 cm³/mol. The highest BCUT2D eigenvalue weighted by atomic mass is 32.1. The zero-order valence-electron chi connectivity index (χ0n) is 6.42. The van der Waals surface area contributed by atoms with Crippen molar-refractivity contribution in [3.05, 3.63) is 35.6 Å². The normalized spacial score (nSPS) is 13.0. The van der Waals surface area contributed by atoms with Crippen molar-refractivity contribution in [3.63, 3.8) is 0 Å². The maximum Gasteiger partial charge on any atom is 0.126 e. The Labute approximate surface area is 71.8 Å². The maximum absolute atomic E-state index is 12.9. The summed E-state index contributed by atoms with van der Waals surface area (Å²) in [4.78, 5) is 0. The van der Waals surface area contributed by atoms with Gasteiger partial charge in [0.25, 0.3) is 0 Å². The zero-order chi connectivity index (χ0) is 8.27. The SMILES string of the molecule is CC(S)Cc1ccccc1F. The Morgan fingerprint density at radius 3 is 2.64 bits per heavy atom. The first-order valence-corrected chi connectivity index (χ1v) is 4.13. The highest BCUT2D eigenvalue weighted by Gasteiger charge is 2.02. The van der Waals surface area contributed by atoms with Gasteiger partial charge in [-0.15, -0.1) is 0 Å². The van der Waals surface area contributed by atoms with Gasteiger partial charge in [-0.2, -0.15) is 12.6 Å². The summed E-state index contributed by atoms with van der Waals surface area (Å²) in [5, 5.41) is 0.215. The van der Waals surface area contributed by atoms with E-state index in [-0.39, 0.29) is 11.1 Å². The number of thiol groups is 1.